The summed E-state index contributed by atoms with van der Waals surface area (Å²) in [5.74, 6) is -0.140. The Labute approximate surface area is 112 Å². The number of imidazole rings is 1. The number of benzene rings is 1. The van der Waals surface area contributed by atoms with E-state index in [2.05, 4.69) is 43.1 Å². The van der Waals surface area contributed by atoms with Crippen molar-refractivity contribution < 1.29 is 0 Å². The van der Waals surface area contributed by atoms with Crippen LogP contribution in [0.3, 0.4) is 0 Å². The van der Waals surface area contributed by atoms with Crippen molar-refractivity contribution in [2.24, 2.45) is 5.92 Å². The van der Waals surface area contributed by atoms with E-state index in [0.29, 0.717) is 19.4 Å². The Kier molecular flexibility index (Phi) is 3.82. The fraction of sp³-hybridized carbons (Fsp3) is 0.400. The van der Waals surface area contributed by atoms with E-state index in [0.717, 1.165) is 11.0 Å². The minimum absolute atomic E-state index is 0.140. The maximum absolute atomic E-state index is 9.13. The first-order valence-electron chi connectivity index (χ1n) is 6.34. The number of fused-ring (bicyclic) bond motifs is 1. The molecule has 0 bridgehead atoms. The van der Waals surface area contributed by atoms with Crippen molar-refractivity contribution in [2.45, 2.75) is 33.2 Å². The number of hydrogen-bond donors (Lipinski definition) is 0. The van der Waals surface area contributed by atoms with Crippen LogP contribution in [0.15, 0.2) is 18.5 Å². The Morgan fingerprint density at radius 3 is 2.68 bits per heavy atom. The molecule has 0 N–H and O–H groups in total. The fourth-order valence-electron chi connectivity index (χ4n) is 2.13. The second-order valence-corrected chi connectivity index (χ2v) is 4.84. The summed E-state index contributed by atoms with van der Waals surface area (Å²) in [4.78, 5) is 4.38. The summed E-state index contributed by atoms with van der Waals surface area (Å²) in [6, 6.07) is 8.53. The van der Waals surface area contributed by atoms with Crippen LogP contribution >= 0.6 is 0 Å². The van der Waals surface area contributed by atoms with Gasteiger partial charge >= 0.3 is 0 Å². The van der Waals surface area contributed by atoms with E-state index >= 15 is 0 Å². The molecule has 1 heterocycles. The first-order chi connectivity index (χ1) is 9.15. The van der Waals surface area contributed by atoms with Crippen LogP contribution in [0, 0.1) is 42.4 Å². The van der Waals surface area contributed by atoms with Crippen molar-refractivity contribution in [1.82, 2.24) is 9.55 Å². The smallest absolute Gasteiger partial charge is 0.0958 e. The number of aryl methyl sites for hydroxylation is 2. The van der Waals surface area contributed by atoms with Gasteiger partial charge in [-0.15, -0.1) is 0 Å². The van der Waals surface area contributed by atoms with E-state index in [1.165, 1.54) is 11.1 Å². The Morgan fingerprint density at radius 1 is 1.26 bits per heavy atom. The molecular formula is C15H16N4. The zero-order valence-corrected chi connectivity index (χ0v) is 11.2. The summed E-state index contributed by atoms with van der Waals surface area (Å²) in [6.45, 7) is 4.74. The van der Waals surface area contributed by atoms with Gasteiger partial charge in [0.1, 0.15) is 0 Å². The molecule has 1 unspecified atom stereocenters. The van der Waals surface area contributed by atoms with Gasteiger partial charge in [0.2, 0.25) is 0 Å². The minimum Gasteiger partial charge on any atom is -0.329 e. The molecule has 0 aliphatic carbocycles. The molecule has 0 aliphatic rings. The Bertz CT molecular complexity index is 670. The van der Waals surface area contributed by atoms with Crippen LogP contribution in [0.4, 0.5) is 0 Å². The van der Waals surface area contributed by atoms with Crippen molar-refractivity contribution in [1.29, 1.82) is 10.5 Å². The maximum Gasteiger partial charge on any atom is 0.0958 e. The maximum atomic E-state index is 9.13. The first kappa shape index (κ1) is 13.1. The largest absolute Gasteiger partial charge is 0.329 e. The molecule has 1 aromatic heterocycles. The average Bonchev–Trinajstić information content (AvgIpc) is 2.77. The molecule has 1 atom stereocenters. The average molecular weight is 252 g/mol. The van der Waals surface area contributed by atoms with E-state index in [4.69, 9.17) is 10.5 Å². The van der Waals surface area contributed by atoms with E-state index in [1.54, 1.807) is 6.33 Å². The zero-order valence-electron chi connectivity index (χ0n) is 11.2. The molecule has 4 nitrogen and oxygen atoms in total. The number of nitriles is 2. The summed E-state index contributed by atoms with van der Waals surface area (Å²) < 4.78 is 2.01. The van der Waals surface area contributed by atoms with Crippen LogP contribution in [0.5, 0.6) is 0 Å². The molecule has 0 spiro atoms. The molecule has 96 valence electrons. The molecule has 2 rings (SSSR count). The summed E-state index contributed by atoms with van der Waals surface area (Å²) in [7, 11) is 0. The van der Waals surface area contributed by atoms with Gasteiger partial charge in [-0.1, -0.05) is 0 Å². The number of hydrogen-bond acceptors (Lipinski definition) is 3. The normalized spacial score (nSPS) is 12.0. The molecule has 0 saturated carbocycles. The summed E-state index contributed by atoms with van der Waals surface area (Å²) in [5, 5.41) is 17.7. The molecule has 4 heteroatoms. The van der Waals surface area contributed by atoms with Crippen molar-refractivity contribution in [3.05, 3.63) is 29.6 Å². The lowest BCUT2D eigenvalue weighted by atomic mass is 10.1. The van der Waals surface area contributed by atoms with Gasteiger partial charge < -0.3 is 4.57 Å². The molecule has 1 aromatic carbocycles. The first-order valence-corrected chi connectivity index (χ1v) is 6.34. The van der Waals surface area contributed by atoms with E-state index < -0.39 is 0 Å². The molecule has 2 aromatic rings. The fourth-order valence-corrected chi connectivity index (χ4v) is 2.13. The van der Waals surface area contributed by atoms with Crippen molar-refractivity contribution >= 4 is 11.0 Å². The van der Waals surface area contributed by atoms with Crippen LogP contribution in [-0.4, -0.2) is 9.55 Å². The molecule has 0 aliphatic heterocycles. The molecule has 0 saturated heterocycles. The standard InChI is InChI=1S/C15H16N4/c1-11-6-14-15(7-12(11)2)19(10-18-14)9-13(8-17)4-3-5-16/h6-7,10,13H,3-4,9H2,1-2H3. The summed E-state index contributed by atoms with van der Waals surface area (Å²) in [6.07, 6.45) is 2.81. The number of aromatic nitrogens is 2. The van der Waals surface area contributed by atoms with Crippen LogP contribution in [0.1, 0.15) is 24.0 Å². The van der Waals surface area contributed by atoms with Gasteiger partial charge in [-0.3, -0.25) is 0 Å². The molecule has 19 heavy (non-hydrogen) atoms. The highest BCUT2D eigenvalue weighted by Crippen LogP contribution is 2.20. The van der Waals surface area contributed by atoms with Gasteiger partial charge in [0.25, 0.3) is 0 Å². The third kappa shape index (κ3) is 2.74. The van der Waals surface area contributed by atoms with E-state index in [9.17, 15) is 0 Å². The minimum atomic E-state index is -0.140. The number of nitrogens with zero attached hydrogens (tertiary/aromatic N) is 4. The monoisotopic (exact) mass is 252 g/mol. The van der Waals surface area contributed by atoms with Gasteiger partial charge in [0.05, 0.1) is 35.4 Å². The predicted molar refractivity (Wildman–Crippen MR) is 73.2 cm³/mol. The quantitative estimate of drug-likeness (QED) is 0.839. The SMILES string of the molecule is Cc1cc2ncn(CC(C#N)CCC#N)c2cc1C. The summed E-state index contributed by atoms with van der Waals surface area (Å²) >= 11 is 0. The van der Waals surface area contributed by atoms with Crippen molar-refractivity contribution in [2.75, 3.05) is 0 Å². The predicted octanol–water partition coefficient (Wildman–Crippen LogP) is 3.10. The second kappa shape index (κ2) is 5.54. The van der Waals surface area contributed by atoms with Crippen LogP contribution in [0.2, 0.25) is 0 Å². The molecule has 0 amide bonds. The summed E-state index contributed by atoms with van der Waals surface area (Å²) in [5.41, 5.74) is 4.46. The highest BCUT2D eigenvalue weighted by molar-refractivity contribution is 5.77. The Morgan fingerprint density at radius 2 is 2.00 bits per heavy atom. The van der Waals surface area contributed by atoms with Crippen LogP contribution < -0.4 is 0 Å². The third-order valence-electron chi connectivity index (χ3n) is 3.44. The van der Waals surface area contributed by atoms with Gasteiger partial charge in [0.15, 0.2) is 0 Å². The Hall–Kier alpha value is -2.33. The van der Waals surface area contributed by atoms with Crippen molar-refractivity contribution in [3.8, 4) is 12.1 Å². The Balaban J connectivity index is 2.28. The highest BCUT2D eigenvalue weighted by atomic mass is 15.0. The molecule has 0 radical (unpaired) electrons. The topological polar surface area (TPSA) is 65.4 Å². The molecular weight excluding hydrogens is 236 g/mol. The van der Waals surface area contributed by atoms with E-state index in [1.807, 2.05) is 4.57 Å². The van der Waals surface area contributed by atoms with Gasteiger partial charge in [-0.05, 0) is 43.5 Å². The lowest BCUT2D eigenvalue weighted by Crippen LogP contribution is -2.08. The zero-order chi connectivity index (χ0) is 13.8. The van der Waals surface area contributed by atoms with Crippen molar-refractivity contribution in [3.63, 3.8) is 0 Å². The number of rotatable bonds is 4. The van der Waals surface area contributed by atoms with E-state index in [-0.39, 0.29) is 5.92 Å². The van der Waals surface area contributed by atoms with Crippen LogP contribution in [-0.2, 0) is 6.54 Å². The highest BCUT2D eigenvalue weighted by Gasteiger charge is 2.11. The van der Waals surface area contributed by atoms with Crippen LogP contribution in [0.25, 0.3) is 11.0 Å². The van der Waals surface area contributed by atoms with Gasteiger partial charge in [0, 0.05) is 13.0 Å². The second-order valence-electron chi connectivity index (χ2n) is 4.84. The lowest BCUT2D eigenvalue weighted by molar-refractivity contribution is 0.519. The molecule has 0 fully saturated rings. The lowest BCUT2D eigenvalue weighted by Gasteiger charge is -2.09. The third-order valence-corrected chi connectivity index (χ3v) is 3.44. The van der Waals surface area contributed by atoms with Gasteiger partial charge in [-0.25, -0.2) is 4.98 Å². The van der Waals surface area contributed by atoms with Gasteiger partial charge in [-0.2, -0.15) is 10.5 Å².